The second-order valence-corrected chi connectivity index (χ2v) is 6.04. The third-order valence-electron chi connectivity index (χ3n) is 4.01. The number of piperidine rings is 1. The Kier molecular flexibility index (Phi) is 5.03. The third-order valence-corrected chi connectivity index (χ3v) is 4.01. The monoisotopic (exact) mass is 271 g/mol. The van der Waals surface area contributed by atoms with E-state index in [1.54, 1.807) is 0 Å². The fraction of sp³-hybridized carbons (Fsp3) is 0.588. The normalized spacial score (nSPS) is 19.1. The maximum Gasteiger partial charge on any atom is 0.101 e. The van der Waals surface area contributed by atoms with Crippen LogP contribution in [-0.4, -0.2) is 18.6 Å². The molecule has 0 bridgehead atoms. The molecule has 0 saturated carbocycles. The van der Waals surface area contributed by atoms with Gasteiger partial charge in [-0.25, -0.2) is 0 Å². The van der Waals surface area contributed by atoms with Crippen LogP contribution in [-0.2, 0) is 6.54 Å². The molecular weight excluding hydrogens is 246 g/mol. The molecule has 0 amide bonds. The van der Waals surface area contributed by atoms with Gasteiger partial charge in [-0.1, -0.05) is 19.9 Å². The van der Waals surface area contributed by atoms with Crippen molar-refractivity contribution in [1.82, 2.24) is 5.32 Å². The van der Waals surface area contributed by atoms with Crippen molar-refractivity contribution in [2.75, 3.05) is 11.4 Å². The van der Waals surface area contributed by atoms with Crippen LogP contribution in [0.2, 0.25) is 0 Å². The van der Waals surface area contributed by atoms with Gasteiger partial charge in [0.05, 0.1) is 11.3 Å². The van der Waals surface area contributed by atoms with E-state index in [2.05, 4.69) is 49.2 Å². The zero-order valence-electron chi connectivity index (χ0n) is 12.8. The van der Waals surface area contributed by atoms with Gasteiger partial charge in [-0.15, -0.1) is 0 Å². The molecule has 1 aromatic rings. The Balaban J connectivity index is 2.19. The lowest BCUT2D eigenvalue weighted by Gasteiger charge is -2.36. The van der Waals surface area contributed by atoms with E-state index in [1.807, 2.05) is 6.07 Å². The highest BCUT2D eigenvalue weighted by Gasteiger charge is 2.20. The first-order chi connectivity index (χ1) is 9.61. The molecule has 1 atom stereocenters. The molecule has 3 nitrogen and oxygen atoms in total. The molecule has 1 aliphatic rings. The van der Waals surface area contributed by atoms with Crippen LogP contribution in [0.4, 0.5) is 5.69 Å². The van der Waals surface area contributed by atoms with E-state index in [-0.39, 0.29) is 0 Å². The Bertz CT molecular complexity index is 487. The summed E-state index contributed by atoms with van der Waals surface area (Å²) in [5.41, 5.74) is 3.10. The number of hydrogen-bond donors (Lipinski definition) is 1. The number of benzene rings is 1. The predicted octanol–water partition coefficient (Wildman–Crippen LogP) is 3.44. The third kappa shape index (κ3) is 3.52. The minimum atomic E-state index is 0.460. The van der Waals surface area contributed by atoms with E-state index < -0.39 is 0 Å². The van der Waals surface area contributed by atoms with Gasteiger partial charge in [-0.3, -0.25) is 0 Å². The molecule has 0 aliphatic carbocycles. The summed E-state index contributed by atoms with van der Waals surface area (Å²) in [6.45, 7) is 8.42. The zero-order valence-corrected chi connectivity index (χ0v) is 12.8. The van der Waals surface area contributed by atoms with E-state index in [9.17, 15) is 5.26 Å². The second-order valence-electron chi connectivity index (χ2n) is 6.04. The topological polar surface area (TPSA) is 39.1 Å². The molecule has 1 N–H and O–H groups in total. The van der Waals surface area contributed by atoms with Crippen LogP contribution in [0.1, 0.15) is 51.2 Å². The molecule has 0 aromatic heterocycles. The number of hydrogen-bond acceptors (Lipinski definition) is 3. The molecule has 1 fully saturated rings. The number of nitriles is 1. The summed E-state index contributed by atoms with van der Waals surface area (Å²) >= 11 is 0. The van der Waals surface area contributed by atoms with Gasteiger partial charge >= 0.3 is 0 Å². The Morgan fingerprint density at radius 1 is 1.40 bits per heavy atom. The number of nitrogens with zero attached hydrogens (tertiary/aromatic N) is 2. The fourth-order valence-corrected chi connectivity index (χ4v) is 2.81. The molecule has 2 rings (SSSR count). The van der Waals surface area contributed by atoms with Crippen molar-refractivity contribution in [2.45, 2.75) is 58.7 Å². The highest BCUT2D eigenvalue weighted by atomic mass is 15.2. The van der Waals surface area contributed by atoms with Gasteiger partial charge in [-0.05, 0) is 43.9 Å². The molecule has 1 saturated heterocycles. The standard InChI is InChI=1S/C17H25N3/c1-13(2)19-12-15-7-8-17(16(10-15)11-18)20-9-5-4-6-14(20)3/h7-8,10,13-14,19H,4-6,9,12H2,1-3H3. The summed E-state index contributed by atoms with van der Waals surface area (Å²) in [7, 11) is 0. The molecule has 3 heteroatoms. The first-order valence-electron chi connectivity index (χ1n) is 7.65. The van der Waals surface area contributed by atoms with Crippen molar-refractivity contribution in [1.29, 1.82) is 5.26 Å². The van der Waals surface area contributed by atoms with E-state index >= 15 is 0 Å². The van der Waals surface area contributed by atoms with Gasteiger partial charge in [0.1, 0.15) is 6.07 Å². The Morgan fingerprint density at radius 2 is 2.20 bits per heavy atom. The minimum absolute atomic E-state index is 0.460. The first-order valence-corrected chi connectivity index (χ1v) is 7.65. The van der Waals surface area contributed by atoms with E-state index in [0.29, 0.717) is 12.1 Å². The van der Waals surface area contributed by atoms with E-state index in [4.69, 9.17) is 0 Å². The molecule has 0 spiro atoms. The van der Waals surface area contributed by atoms with Gasteiger partial charge < -0.3 is 10.2 Å². The number of anilines is 1. The summed E-state index contributed by atoms with van der Waals surface area (Å²) in [6.07, 6.45) is 3.75. The van der Waals surface area contributed by atoms with E-state index in [0.717, 1.165) is 24.3 Å². The second kappa shape index (κ2) is 6.76. The molecular formula is C17H25N3. The van der Waals surface area contributed by atoms with E-state index in [1.165, 1.54) is 24.8 Å². The summed E-state index contributed by atoms with van der Waals surface area (Å²) in [5, 5.41) is 12.8. The molecule has 1 heterocycles. The van der Waals surface area contributed by atoms with Crippen molar-refractivity contribution in [3.8, 4) is 6.07 Å². The molecule has 1 unspecified atom stereocenters. The van der Waals surface area contributed by atoms with Crippen LogP contribution in [0.25, 0.3) is 0 Å². The van der Waals surface area contributed by atoms with Gasteiger partial charge in [0.15, 0.2) is 0 Å². The van der Waals surface area contributed by atoms with Crippen LogP contribution in [0.15, 0.2) is 18.2 Å². The predicted molar refractivity (Wildman–Crippen MR) is 83.8 cm³/mol. The van der Waals surface area contributed by atoms with Gasteiger partial charge in [-0.2, -0.15) is 5.26 Å². The van der Waals surface area contributed by atoms with Crippen molar-refractivity contribution in [3.05, 3.63) is 29.3 Å². The van der Waals surface area contributed by atoms with Crippen molar-refractivity contribution in [3.63, 3.8) is 0 Å². The Labute approximate surface area is 122 Å². The highest BCUT2D eigenvalue weighted by Crippen LogP contribution is 2.28. The maximum atomic E-state index is 9.44. The zero-order chi connectivity index (χ0) is 14.5. The number of rotatable bonds is 4. The summed E-state index contributed by atoms with van der Waals surface area (Å²) < 4.78 is 0. The molecule has 1 aliphatic heterocycles. The average Bonchev–Trinajstić information content (AvgIpc) is 2.45. The molecule has 108 valence electrons. The number of nitrogens with one attached hydrogen (secondary N) is 1. The van der Waals surface area contributed by atoms with Gasteiger partial charge in [0, 0.05) is 25.2 Å². The maximum absolute atomic E-state index is 9.44. The SMILES string of the molecule is CC(C)NCc1ccc(N2CCCCC2C)c(C#N)c1. The highest BCUT2D eigenvalue weighted by molar-refractivity contribution is 5.61. The van der Waals surface area contributed by atoms with Crippen LogP contribution in [0.3, 0.4) is 0 Å². The lowest BCUT2D eigenvalue weighted by molar-refractivity contribution is 0.484. The van der Waals surface area contributed by atoms with Crippen molar-refractivity contribution >= 4 is 5.69 Å². The fourth-order valence-electron chi connectivity index (χ4n) is 2.81. The van der Waals surface area contributed by atoms with Crippen LogP contribution in [0.5, 0.6) is 0 Å². The lowest BCUT2D eigenvalue weighted by atomic mass is 10.0. The Hall–Kier alpha value is -1.53. The van der Waals surface area contributed by atoms with Crippen molar-refractivity contribution in [2.24, 2.45) is 0 Å². The minimum Gasteiger partial charge on any atom is -0.368 e. The Morgan fingerprint density at radius 3 is 2.85 bits per heavy atom. The molecule has 1 aromatic carbocycles. The first kappa shape index (κ1) is 14.9. The largest absolute Gasteiger partial charge is 0.368 e. The van der Waals surface area contributed by atoms with Gasteiger partial charge in [0.25, 0.3) is 0 Å². The summed E-state index contributed by atoms with van der Waals surface area (Å²) in [5.74, 6) is 0. The van der Waals surface area contributed by atoms with Crippen LogP contribution < -0.4 is 10.2 Å². The summed E-state index contributed by atoms with van der Waals surface area (Å²) in [6, 6.07) is 9.67. The summed E-state index contributed by atoms with van der Waals surface area (Å²) in [4.78, 5) is 2.39. The van der Waals surface area contributed by atoms with Crippen molar-refractivity contribution < 1.29 is 0 Å². The van der Waals surface area contributed by atoms with Crippen LogP contribution in [0, 0.1) is 11.3 Å². The average molecular weight is 271 g/mol. The van der Waals surface area contributed by atoms with Crippen LogP contribution >= 0.6 is 0 Å². The van der Waals surface area contributed by atoms with Gasteiger partial charge in [0.2, 0.25) is 0 Å². The molecule has 0 radical (unpaired) electrons. The molecule has 20 heavy (non-hydrogen) atoms. The quantitative estimate of drug-likeness (QED) is 0.912. The smallest absolute Gasteiger partial charge is 0.101 e. The lowest BCUT2D eigenvalue weighted by Crippen LogP contribution is -2.37.